The van der Waals surface area contributed by atoms with Gasteiger partial charge in [0.2, 0.25) is 0 Å². The van der Waals surface area contributed by atoms with Gasteiger partial charge in [0, 0.05) is 12.0 Å². The van der Waals surface area contributed by atoms with E-state index in [1.807, 2.05) is 6.92 Å². The Morgan fingerprint density at radius 2 is 2.60 bits per heavy atom. The lowest BCUT2D eigenvalue weighted by atomic mass is 9.92. The van der Waals surface area contributed by atoms with Gasteiger partial charge in [0.1, 0.15) is 6.61 Å². The first-order chi connectivity index (χ1) is 4.66. The number of ether oxygens (including phenoxy) is 1. The Hall–Kier alpha value is -0.770. The van der Waals surface area contributed by atoms with Gasteiger partial charge in [0.15, 0.2) is 0 Å². The number of aliphatic hydroxyl groups excluding tert-OH is 1. The second-order valence-electron chi connectivity index (χ2n) is 2.90. The number of amides is 1. The zero-order valence-corrected chi connectivity index (χ0v) is 5.89. The number of cyclic esters (lactones) is 1. The Morgan fingerprint density at radius 3 is 3.00 bits per heavy atom. The fraction of sp³-hybridized carbons (Fsp3) is 0.833. The summed E-state index contributed by atoms with van der Waals surface area (Å²) in [5, 5.41) is 11.3. The van der Waals surface area contributed by atoms with E-state index in [-0.39, 0.29) is 12.0 Å². The van der Waals surface area contributed by atoms with Gasteiger partial charge in [-0.05, 0) is 0 Å². The molecule has 1 aliphatic rings. The van der Waals surface area contributed by atoms with E-state index in [1.54, 1.807) is 0 Å². The molecule has 0 aromatic carbocycles. The minimum absolute atomic E-state index is 0.0350. The maximum atomic E-state index is 10.5. The van der Waals surface area contributed by atoms with Crippen LogP contribution in [0.15, 0.2) is 0 Å². The Labute approximate surface area is 59.2 Å². The molecule has 0 radical (unpaired) electrons. The predicted molar refractivity (Wildman–Crippen MR) is 34.5 cm³/mol. The van der Waals surface area contributed by atoms with Crippen LogP contribution in [0.5, 0.6) is 0 Å². The zero-order chi connectivity index (χ0) is 7.61. The molecule has 1 amide bonds. The number of carbonyl (C=O) groups is 1. The number of aliphatic hydroxyl groups is 1. The monoisotopic (exact) mass is 145 g/mol. The summed E-state index contributed by atoms with van der Waals surface area (Å²) < 4.78 is 4.67. The molecule has 4 nitrogen and oxygen atoms in total. The summed E-state index contributed by atoms with van der Waals surface area (Å²) in [6.07, 6.45) is -0.397. The second-order valence-corrected chi connectivity index (χ2v) is 2.90. The minimum atomic E-state index is -0.397. The standard InChI is InChI=1S/C6H11NO3/c1-6(3-8)2-7-5(9)10-4-6/h8H,2-4H2,1H3,(H,7,9). The minimum Gasteiger partial charge on any atom is -0.449 e. The third kappa shape index (κ3) is 1.39. The number of hydrogen-bond acceptors (Lipinski definition) is 3. The Bertz CT molecular complexity index is 136. The molecule has 1 saturated heterocycles. The quantitative estimate of drug-likeness (QED) is 0.533. The van der Waals surface area contributed by atoms with Crippen molar-refractivity contribution in [3.63, 3.8) is 0 Å². The molecule has 1 atom stereocenters. The van der Waals surface area contributed by atoms with E-state index >= 15 is 0 Å². The van der Waals surface area contributed by atoms with E-state index < -0.39 is 6.09 Å². The summed E-state index contributed by atoms with van der Waals surface area (Å²) in [4.78, 5) is 10.5. The molecule has 0 aromatic rings. The van der Waals surface area contributed by atoms with E-state index in [0.29, 0.717) is 13.2 Å². The number of alkyl carbamates (subject to hydrolysis) is 1. The van der Waals surface area contributed by atoms with Crippen LogP contribution in [0, 0.1) is 5.41 Å². The van der Waals surface area contributed by atoms with Gasteiger partial charge < -0.3 is 15.2 Å². The smallest absolute Gasteiger partial charge is 0.407 e. The molecule has 58 valence electrons. The molecule has 1 fully saturated rings. The maximum absolute atomic E-state index is 10.5. The first kappa shape index (κ1) is 7.34. The van der Waals surface area contributed by atoms with Crippen LogP contribution < -0.4 is 5.32 Å². The summed E-state index contributed by atoms with van der Waals surface area (Å²) in [5.41, 5.74) is -0.298. The van der Waals surface area contributed by atoms with E-state index in [1.165, 1.54) is 0 Å². The molecule has 0 aliphatic carbocycles. The largest absolute Gasteiger partial charge is 0.449 e. The summed E-state index contributed by atoms with van der Waals surface area (Å²) in [6.45, 7) is 2.68. The highest BCUT2D eigenvalue weighted by Gasteiger charge is 2.30. The van der Waals surface area contributed by atoms with Crippen molar-refractivity contribution in [1.29, 1.82) is 0 Å². The highest BCUT2D eigenvalue weighted by Crippen LogP contribution is 2.17. The normalized spacial score (nSPS) is 32.8. The highest BCUT2D eigenvalue weighted by atomic mass is 16.6. The molecule has 1 unspecified atom stereocenters. The molecule has 0 spiro atoms. The van der Waals surface area contributed by atoms with Crippen molar-refractivity contribution in [2.45, 2.75) is 6.92 Å². The summed E-state index contributed by atoms with van der Waals surface area (Å²) in [5.74, 6) is 0. The van der Waals surface area contributed by atoms with Crippen LogP contribution >= 0.6 is 0 Å². The van der Waals surface area contributed by atoms with E-state index in [0.717, 1.165) is 0 Å². The van der Waals surface area contributed by atoms with E-state index in [2.05, 4.69) is 10.1 Å². The van der Waals surface area contributed by atoms with Gasteiger partial charge in [-0.15, -0.1) is 0 Å². The van der Waals surface area contributed by atoms with Gasteiger partial charge in [-0.3, -0.25) is 0 Å². The lowest BCUT2D eigenvalue weighted by molar-refractivity contribution is 0.0243. The van der Waals surface area contributed by atoms with Crippen molar-refractivity contribution in [2.75, 3.05) is 19.8 Å². The van der Waals surface area contributed by atoms with Crippen LogP contribution in [0.3, 0.4) is 0 Å². The Balaban J connectivity index is 2.46. The SMILES string of the molecule is CC1(CO)CNC(=O)OC1. The predicted octanol–water partition coefficient (Wildman–Crippen LogP) is -0.275. The molecule has 0 saturated carbocycles. The average molecular weight is 145 g/mol. The molecule has 2 N–H and O–H groups in total. The van der Waals surface area contributed by atoms with Crippen LogP contribution in [-0.2, 0) is 4.74 Å². The molecule has 4 heteroatoms. The molecular formula is C6H11NO3. The van der Waals surface area contributed by atoms with Crippen LogP contribution in [0.1, 0.15) is 6.92 Å². The maximum Gasteiger partial charge on any atom is 0.407 e. The van der Waals surface area contributed by atoms with Gasteiger partial charge in [-0.25, -0.2) is 4.79 Å². The molecule has 1 heterocycles. The lowest BCUT2D eigenvalue weighted by Gasteiger charge is -2.30. The summed E-state index contributed by atoms with van der Waals surface area (Å²) in [7, 11) is 0. The molecular weight excluding hydrogens is 134 g/mol. The Kier molecular flexibility index (Phi) is 1.80. The zero-order valence-electron chi connectivity index (χ0n) is 5.89. The fourth-order valence-electron chi connectivity index (χ4n) is 0.729. The van der Waals surface area contributed by atoms with Gasteiger partial charge in [0.25, 0.3) is 0 Å². The van der Waals surface area contributed by atoms with E-state index in [9.17, 15) is 4.79 Å². The second kappa shape index (κ2) is 2.46. The van der Waals surface area contributed by atoms with Crippen molar-refractivity contribution in [1.82, 2.24) is 5.32 Å². The summed E-state index contributed by atoms with van der Waals surface area (Å²) >= 11 is 0. The first-order valence-corrected chi connectivity index (χ1v) is 3.18. The highest BCUT2D eigenvalue weighted by molar-refractivity contribution is 5.67. The molecule has 0 bridgehead atoms. The third-order valence-corrected chi connectivity index (χ3v) is 1.59. The van der Waals surface area contributed by atoms with Crippen molar-refractivity contribution < 1.29 is 14.6 Å². The van der Waals surface area contributed by atoms with Gasteiger partial charge in [-0.2, -0.15) is 0 Å². The van der Waals surface area contributed by atoms with Crippen molar-refractivity contribution in [2.24, 2.45) is 5.41 Å². The fourth-order valence-corrected chi connectivity index (χ4v) is 0.729. The van der Waals surface area contributed by atoms with Crippen molar-refractivity contribution >= 4 is 6.09 Å². The average Bonchev–Trinajstić information content (AvgIpc) is 1.96. The number of carbonyl (C=O) groups excluding carboxylic acids is 1. The van der Waals surface area contributed by atoms with Crippen molar-refractivity contribution in [3.8, 4) is 0 Å². The number of rotatable bonds is 1. The van der Waals surface area contributed by atoms with Crippen LogP contribution in [0.4, 0.5) is 4.79 Å². The summed E-state index contributed by atoms with van der Waals surface area (Å²) in [6, 6.07) is 0. The van der Waals surface area contributed by atoms with Crippen molar-refractivity contribution in [3.05, 3.63) is 0 Å². The Morgan fingerprint density at radius 1 is 1.90 bits per heavy atom. The van der Waals surface area contributed by atoms with Gasteiger partial charge in [-0.1, -0.05) is 6.92 Å². The lowest BCUT2D eigenvalue weighted by Crippen LogP contribution is -2.47. The third-order valence-electron chi connectivity index (χ3n) is 1.59. The molecule has 1 rings (SSSR count). The molecule has 0 aromatic heterocycles. The number of nitrogens with one attached hydrogen (secondary N) is 1. The van der Waals surface area contributed by atoms with Gasteiger partial charge >= 0.3 is 6.09 Å². The van der Waals surface area contributed by atoms with Crippen LogP contribution in [-0.4, -0.2) is 31.0 Å². The first-order valence-electron chi connectivity index (χ1n) is 3.18. The topological polar surface area (TPSA) is 58.6 Å². The van der Waals surface area contributed by atoms with E-state index in [4.69, 9.17) is 5.11 Å². The van der Waals surface area contributed by atoms with Crippen LogP contribution in [0.25, 0.3) is 0 Å². The van der Waals surface area contributed by atoms with Crippen LogP contribution in [0.2, 0.25) is 0 Å². The molecule has 10 heavy (non-hydrogen) atoms. The molecule has 1 aliphatic heterocycles. The van der Waals surface area contributed by atoms with Gasteiger partial charge in [0.05, 0.1) is 6.61 Å². The number of hydrogen-bond donors (Lipinski definition) is 2.